The van der Waals surface area contributed by atoms with Gasteiger partial charge in [-0.3, -0.25) is 4.79 Å². The fraction of sp³-hybridized carbons (Fsp3) is 0.562. The van der Waals surface area contributed by atoms with Crippen molar-refractivity contribution in [2.24, 2.45) is 0 Å². The van der Waals surface area contributed by atoms with Crippen LogP contribution in [-0.2, 0) is 0 Å². The summed E-state index contributed by atoms with van der Waals surface area (Å²) < 4.78 is 5.64. The molecule has 2 rings (SSSR count). The number of ether oxygens (including phenoxy) is 1. The van der Waals surface area contributed by atoms with Crippen LogP contribution >= 0.6 is 0 Å². The van der Waals surface area contributed by atoms with E-state index in [1.165, 1.54) is 0 Å². The van der Waals surface area contributed by atoms with Gasteiger partial charge in [-0.05, 0) is 38.4 Å². The fourth-order valence-corrected chi connectivity index (χ4v) is 2.36. The van der Waals surface area contributed by atoms with Crippen LogP contribution < -0.4 is 10.1 Å². The zero-order valence-electron chi connectivity index (χ0n) is 12.4. The SMILES string of the molecule is CCCNC(C)CCN1CCOc2ccccc2C1=O. The Morgan fingerprint density at radius 1 is 1.40 bits per heavy atom. The summed E-state index contributed by atoms with van der Waals surface area (Å²) in [6.07, 6.45) is 2.10. The smallest absolute Gasteiger partial charge is 0.257 e. The number of rotatable bonds is 6. The zero-order chi connectivity index (χ0) is 14.4. The molecule has 0 radical (unpaired) electrons. The largest absolute Gasteiger partial charge is 0.491 e. The lowest BCUT2D eigenvalue weighted by molar-refractivity contribution is 0.0750. The number of para-hydroxylation sites is 1. The highest BCUT2D eigenvalue weighted by Crippen LogP contribution is 2.22. The number of benzene rings is 1. The topological polar surface area (TPSA) is 41.6 Å². The first-order chi connectivity index (χ1) is 9.72. The van der Waals surface area contributed by atoms with Crippen LogP contribution in [0, 0.1) is 0 Å². The van der Waals surface area contributed by atoms with E-state index in [0.717, 1.165) is 25.9 Å². The van der Waals surface area contributed by atoms with Crippen molar-refractivity contribution in [2.75, 3.05) is 26.2 Å². The predicted octanol–water partition coefficient (Wildman–Crippen LogP) is 2.30. The number of nitrogens with zero attached hydrogens (tertiary/aromatic N) is 1. The van der Waals surface area contributed by atoms with Gasteiger partial charge in [-0.15, -0.1) is 0 Å². The highest BCUT2D eigenvalue weighted by atomic mass is 16.5. The Labute approximate surface area is 121 Å². The Bertz CT molecular complexity index is 448. The molecule has 0 fully saturated rings. The number of fused-ring (bicyclic) bond motifs is 1. The molecule has 1 aromatic carbocycles. The summed E-state index contributed by atoms with van der Waals surface area (Å²) >= 11 is 0. The van der Waals surface area contributed by atoms with Crippen molar-refractivity contribution < 1.29 is 9.53 Å². The molecule has 1 amide bonds. The zero-order valence-corrected chi connectivity index (χ0v) is 12.4. The summed E-state index contributed by atoms with van der Waals surface area (Å²) in [6, 6.07) is 7.92. The molecule has 1 heterocycles. The summed E-state index contributed by atoms with van der Waals surface area (Å²) in [5.41, 5.74) is 0.680. The maximum absolute atomic E-state index is 12.5. The lowest BCUT2D eigenvalue weighted by atomic mass is 10.1. The van der Waals surface area contributed by atoms with Crippen molar-refractivity contribution in [1.82, 2.24) is 10.2 Å². The van der Waals surface area contributed by atoms with Crippen LogP contribution in [-0.4, -0.2) is 43.1 Å². The molecule has 0 aromatic heterocycles. The van der Waals surface area contributed by atoms with Gasteiger partial charge in [-0.25, -0.2) is 0 Å². The van der Waals surface area contributed by atoms with Crippen LogP contribution in [0.5, 0.6) is 5.75 Å². The van der Waals surface area contributed by atoms with E-state index in [9.17, 15) is 4.79 Å². The van der Waals surface area contributed by atoms with Crippen LogP contribution in [0.4, 0.5) is 0 Å². The molecule has 0 aliphatic carbocycles. The molecule has 1 unspecified atom stereocenters. The lowest BCUT2D eigenvalue weighted by Crippen LogP contribution is -2.37. The number of amides is 1. The Hall–Kier alpha value is -1.55. The maximum Gasteiger partial charge on any atom is 0.257 e. The highest BCUT2D eigenvalue weighted by molar-refractivity contribution is 5.97. The van der Waals surface area contributed by atoms with Crippen molar-refractivity contribution >= 4 is 5.91 Å². The fourth-order valence-electron chi connectivity index (χ4n) is 2.36. The molecule has 1 aliphatic heterocycles. The molecule has 1 atom stereocenters. The van der Waals surface area contributed by atoms with E-state index in [-0.39, 0.29) is 5.91 Å². The molecule has 1 aliphatic rings. The standard InChI is InChI=1S/C16H24N2O2/c1-3-9-17-13(2)8-10-18-11-12-20-15-7-5-4-6-14(15)16(18)19/h4-7,13,17H,3,8-12H2,1-2H3. The van der Waals surface area contributed by atoms with Crippen LogP contribution in [0.1, 0.15) is 37.0 Å². The third-order valence-electron chi connectivity index (χ3n) is 3.60. The summed E-state index contributed by atoms with van der Waals surface area (Å²) in [5, 5.41) is 3.45. The van der Waals surface area contributed by atoms with Crippen molar-refractivity contribution in [3.8, 4) is 5.75 Å². The quantitative estimate of drug-likeness (QED) is 0.867. The summed E-state index contributed by atoms with van der Waals surface area (Å²) in [7, 11) is 0. The number of nitrogens with one attached hydrogen (secondary N) is 1. The molecule has 4 nitrogen and oxygen atoms in total. The van der Waals surface area contributed by atoms with Gasteiger partial charge in [0.1, 0.15) is 12.4 Å². The molecule has 4 heteroatoms. The van der Waals surface area contributed by atoms with Gasteiger partial charge < -0.3 is 15.0 Å². The first-order valence-corrected chi connectivity index (χ1v) is 7.47. The van der Waals surface area contributed by atoms with Gasteiger partial charge in [0.2, 0.25) is 0 Å². The average molecular weight is 276 g/mol. The van der Waals surface area contributed by atoms with Crippen molar-refractivity contribution in [2.45, 2.75) is 32.7 Å². The second-order valence-corrected chi connectivity index (χ2v) is 5.28. The first-order valence-electron chi connectivity index (χ1n) is 7.47. The third-order valence-corrected chi connectivity index (χ3v) is 3.60. The van der Waals surface area contributed by atoms with Crippen LogP contribution in [0.2, 0.25) is 0 Å². The summed E-state index contributed by atoms with van der Waals surface area (Å²) in [6.45, 7) is 7.36. The minimum atomic E-state index is 0.0841. The van der Waals surface area contributed by atoms with Gasteiger partial charge in [-0.2, -0.15) is 0 Å². The minimum Gasteiger partial charge on any atom is -0.491 e. The third kappa shape index (κ3) is 3.73. The number of hydrogen-bond acceptors (Lipinski definition) is 3. The predicted molar refractivity (Wildman–Crippen MR) is 80.2 cm³/mol. The van der Waals surface area contributed by atoms with Crippen molar-refractivity contribution in [1.29, 1.82) is 0 Å². The Morgan fingerprint density at radius 2 is 2.20 bits per heavy atom. The minimum absolute atomic E-state index is 0.0841. The molecule has 20 heavy (non-hydrogen) atoms. The molecule has 0 saturated carbocycles. The number of carbonyl (C=O) groups is 1. The van der Waals surface area contributed by atoms with Crippen molar-refractivity contribution in [3.63, 3.8) is 0 Å². The summed E-state index contributed by atoms with van der Waals surface area (Å²) in [5.74, 6) is 0.790. The second-order valence-electron chi connectivity index (χ2n) is 5.28. The van der Waals surface area contributed by atoms with Gasteiger partial charge in [0, 0.05) is 12.6 Å². The van der Waals surface area contributed by atoms with Crippen molar-refractivity contribution in [3.05, 3.63) is 29.8 Å². The molecular weight excluding hydrogens is 252 g/mol. The molecular formula is C16H24N2O2. The van der Waals surface area contributed by atoms with Crippen LogP contribution in [0.25, 0.3) is 0 Å². The Kier molecular flexibility index (Phi) is 5.41. The lowest BCUT2D eigenvalue weighted by Gasteiger charge is -2.22. The van der Waals surface area contributed by atoms with Gasteiger partial charge >= 0.3 is 0 Å². The van der Waals surface area contributed by atoms with E-state index in [0.29, 0.717) is 30.5 Å². The Morgan fingerprint density at radius 3 is 3.00 bits per heavy atom. The van der Waals surface area contributed by atoms with Crippen LogP contribution in [0.15, 0.2) is 24.3 Å². The van der Waals surface area contributed by atoms with E-state index in [1.54, 1.807) is 0 Å². The molecule has 0 bridgehead atoms. The normalized spacial score (nSPS) is 16.3. The van der Waals surface area contributed by atoms with E-state index < -0.39 is 0 Å². The molecule has 0 spiro atoms. The highest BCUT2D eigenvalue weighted by Gasteiger charge is 2.22. The van der Waals surface area contributed by atoms with Crippen LogP contribution in [0.3, 0.4) is 0 Å². The van der Waals surface area contributed by atoms with Gasteiger partial charge in [0.05, 0.1) is 12.1 Å². The van der Waals surface area contributed by atoms with Gasteiger partial charge in [-0.1, -0.05) is 19.1 Å². The van der Waals surface area contributed by atoms with E-state index in [2.05, 4.69) is 19.2 Å². The summed E-state index contributed by atoms with van der Waals surface area (Å²) in [4.78, 5) is 14.4. The molecule has 0 saturated heterocycles. The molecule has 1 N–H and O–H groups in total. The number of carbonyl (C=O) groups excluding carboxylic acids is 1. The van der Waals surface area contributed by atoms with Gasteiger partial charge in [0.15, 0.2) is 0 Å². The molecule has 1 aromatic rings. The molecule has 110 valence electrons. The second kappa shape index (κ2) is 7.29. The van der Waals surface area contributed by atoms with Gasteiger partial charge in [0.25, 0.3) is 5.91 Å². The van der Waals surface area contributed by atoms with E-state index in [4.69, 9.17) is 4.74 Å². The average Bonchev–Trinajstić information content (AvgIpc) is 2.63. The first kappa shape index (κ1) is 14.9. The van der Waals surface area contributed by atoms with E-state index in [1.807, 2.05) is 29.2 Å². The number of hydrogen-bond donors (Lipinski definition) is 1. The Balaban J connectivity index is 1.94. The maximum atomic E-state index is 12.5. The monoisotopic (exact) mass is 276 g/mol. The van der Waals surface area contributed by atoms with E-state index >= 15 is 0 Å².